The molecule has 0 saturated carbocycles. The van der Waals surface area contributed by atoms with Gasteiger partial charge in [-0.05, 0) is 37.6 Å². The third-order valence-electron chi connectivity index (χ3n) is 3.06. The number of aryl methyl sites for hydroxylation is 1. The fraction of sp³-hybridized carbons (Fsp3) is 0.308. The van der Waals surface area contributed by atoms with Crippen LogP contribution >= 0.6 is 11.6 Å². The number of aliphatic carboxylic acids is 1. The van der Waals surface area contributed by atoms with Crippen molar-refractivity contribution in [2.45, 2.75) is 26.8 Å². The zero-order chi connectivity index (χ0) is 12.6. The van der Waals surface area contributed by atoms with Gasteiger partial charge in [0.15, 0.2) is 0 Å². The molecule has 1 N–H and O–H groups in total. The Morgan fingerprint density at radius 1 is 1.47 bits per heavy atom. The lowest BCUT2D eigenvalue weighted by atomic mass is 10.1. The standard InChI is InChI=1S/C13H14ClNO2/c1-3-15-8(2)10(7-13(16)17)11-6-9(14)4-5-12(11)15/h4-6H,3,7H2,1-2H3,(H,16,17). The number of aromatic nitrogens is 1. The smallest absolute Gasteiger partial charge is 0.307 e. The van der Waals surface area contributed by atoms with Crippen LogP contribution in [0, 0.1) is 6.92 Å². The van der Waals surface area contributed by atoms with Gasteiger partial charge >= 0.3 is 5.97 Å². The van der Waals surface area contributed by atoms with Crippen molar-refractivity contribution < 1.29 is 9.90 Å². The molecule has 1 aromatic heterocycles. The number of rotatable bonds is 3. The van der Waals surface area contributed by atoms with Gasteiger partial charge in [-0.1, -0.05) is 11.6 Å². The molecule has 4 heteroatoms. The van der Waals surface area contributed by atoms with Crippen molar-refractivity contribution in [3.63, 3.8) is 0 Å². The van der Waals surface area contributed by atoms with Crippen molar-refractivity contribution in [1.82, 2.24) is 4.57 Å². The van der Waals surface area contributed by atoms with E-state index in [0.717, 1.165) is 28.7 Å². The second-order valence-corrected chi connectivity index (χ2v) is 4.48. The molecule has 17 heavy (non-hydrogen) atoms. The van der Waals surface area contributed by atoms with Crippen molar-refractivity contribution in [1.29, 1.82) is 0 Å². The van der Waals surface area contributed by atoms with Crippen molar-refractivity contribution in [3.8, 4) is 0 Å². The maximum atomic E-state index is 10.9. The Hall–Kier alpha value is -1.48. The molecule has 0 aliphatic carbocycles. The number of hydrogen-bond acceptors (Lipinski definition) is 1. The first-order valence-corrected chi connectivity index (χ1v) is 5.91. The van der Waals surface area contributed by atoms with Gasteiger partial charge < -0.3 is 9.67 Å². The molecule has 0 saturated heterocycles. The molecule has 2 rings (SSSR count). The molecule has 0 amide bonds. The summed E-state index contributed by atoms with van der Waals surface area (Å²) >= 11 is 5.98. The molecule has 3 nitrogen and oxygen atoms in total. The highest BCUT2D eigenvalue weighted by Crippen LogP contribution is 2.28. The highest BCUT2D eigenvalue weighted by molar-refractivity contribution is 6.31. The van der Waals surface area contributed by atoms with E-state index >= 15 is 0 Å². The first kappa shape index (κ1) is 12.0. The molecule has 2 aromatic rings. The van der Waals surface area contributed by atoms with Crippen molar-refractivity contribution in [2.75, 3.05) is 0 Å². The fourth-order valence-corrected chi connectivity index (χ4v) is 2.48. The number of benzene rings is 1. The highest BCUT2D eigenvalue weighted by Gasteiger charge is 2.15. The average molecular weight is 252 g/mol. The summed E-state index contributed by atoms with van der Waals surface area (Å²) in [6.07, 6.45) is 0.0374. The minimum absolute atomic E-state index is 0.0374. The van der Waals surface area contributed by atoms with E-state index in [0.29, 0.717) is 5.02 Å². The highest BCUT2D eigenvalue weighted by atomic mass is 35.5. The molecule has 0 fully saturated rings. The molecule has 0 spiro atoms. The van der Waals surface area contributed by atoms with Gasteiger partial charge in [0.25, 0.3) is 0 Å². The number of carboxylic acid groups (broad SMARTS) is 1. The van der Waals surface area contributed by atoms with Gasteiger partial charge in [0.05, 0.1) is 6.42 Å². The molecule has 0 atom stereocenters. The van der Waals surface area contributed by atoms with Crippen molar-refractivity contribution >= 4 is 28.5 Å². The van der Waals surface area contributed by atoms with Crippen LogP contribution in [0.4, 0.5) is 0 Å². The van der Waals surface area contributed by atoms with Crippen LogP contribution in [0.15, 0.2) is 18.2 Å². The average Bonchev–Trinajstić information content (AvgIpc) is 2.51. The summed E-state index contributed by atoms with van der Waals surface area (Å²) in [5.74, 6) is -0.816. The Bertz CT molecular complexity index is 587. The van der Waals surface area contributed by atoms with E-state index in [9.17, 15) is 4.79 Å². The third-order valence-corrected chi connectivity index (χ3v) is 3.30. The zero-order valence-electron chi connectivity index (χ0n) is 9.83. The molecule has 1 aromatic carbocycles. The van der Waals surface area contributed by atoms with Crippen LogP contribution in [-0.4, -0.2) is 15.6 Å². The van der Waals surface area contributed by atoms with Crippen molar-refractivity contribution in [2.24, 2.45) is 0 Å². The third kappa shape index (κ3) is 2.03. The minimum atomic E-state index is -0.816. The number of halogens is 1. The summed E-state index contributed by atoms with van der Waals surface area (Å²) in [7, 11) is 0. The van der Waals surface area contributed by atoms with E-state index in [4.69, 9.17) is 16.7 Å². The summed E-state index contributed by atoms with van der Waals surface area (Å²) < 4.78 is 2.12. The molecule has 1 heterocycles. The predicted molar refractivity (Wildman–Crippen MR) is 68.7 cm³/mol. The van der Waals surface area contributed by atoms with Crippen LogP contribution in [0.3, 0.4) is 0 Å². The quantitative estimate of drug-likeness (QED) is 0.910. The number of hydrogen-bond donors (Lipinski definition) is 1. The normalized spacial score (nSPS) is 11.0. The number of nitrogens with zero attached hydrogens (tertiary/aromatic N) is 1. The van der Waals surface area contributed by atoms with Gasteiger partial charge in [0.1, 0.15) is 0 Å². The van der Waals surface area contributed by atoms with E-state index in [-0.39, 0.29) is 6.42 Å². The Labute approximate surface area is 105 Å². The second kappa shape index (κ2) is 4.41. The SMILES string of the molecule is CCn1c(C)c(CC(=O)O)c2cc(Cl)ccc21. The van der Waals surface area contributed by atoms with E-state index in [1.165, 1.54) is 0 Å². The Kier molecular flexibility index (Phi) is 3.11. The largest absolute Gasteiger partial charge is 0.481 e. The predicted octanol–water partition coefficient (Wildman–Crippen LogP) is 3.25. The molecule has 0 bridgehead atoms. The summed E-state index contributed by atoms with van der Waals surface area (Å²) in [5, 5.41) is 10.5. The van der Waals surface area contributed by atoms with E-state index in [1.54, 1.807) is 0 Å². The Morgan fingerprint density at radius 3 is 2.76 bits per heavy atom. The molecular weight excluding hydrogens is 238 g/mol. The van der Waals surface area contributed by atoms with Crippen molar-refractivity contribution in [3.05, 3.63) is 34.5 Å². The molecule has 0 aliphatic rings. The number of fused-ring (bicyclic) bond motifs is 1. The monoisotopic (exact) mass is 251 g/mol. The van der Waals surface area contributed by atoms with Crippen LogP contribution in [0.5, 0.6) is 0 Å². The Balaban J connectivity index is 2.75. The van der Waals surface area contributed by atoms with Crippen LogP contribution in [0.25, 0.3) is 10.9 Å². The zero-order valence-corrected chi connectivity index (χ0v) is 10.6. The van der Waals surface area contributed by atoms with E-state index in [1.807, 2.05) is 32.0 Å². The van der Waals surface area contributed by atoms with Crippen LogP contribution in [0.2, 0.25) is 5.02 Å². The molecule has 0 aliphatic heterocycles. The molecular formula is C13H14ClNO2. The maximum absolute atomic E-state index is 10.9. The number of carbonyl (C=O) groups is 1. The number of carboxylic acids is 1. The molecule has 90 valence electrons. The topological polar surface area (TPSA) is 42.2 Å². The lowest BCUT2D eigenvalue weighted by molar-refractivity contribution is -0.136. The van der Waals surface area contributed by atoms with Crippen LogP contribution < -0.4 is 0 Å². The van der Waals surface area contributed by atoms with Gasteiger partial charge in [-0.2, -0.15) is 0 Å². The van der Waals surface area contributed by atoms with Gasteiger partial charge in [-0.25, -0.2) is 0 Å². The first-order chi connectivity index (χ1) is 8.04. The van der Waals surface area contributed by atoms with Gasteiger partial charge in [0.2, 0.25) is 0 Å². The second-order valence-electron chi connectivity index (χ2n) is 4.04. The molecule has 0 radical (unpaired) electrons. The van der Waals surface area contributed by atoms with E-state index in [2.05, 4.69) is 4.57 Å². The fourth-order valence-electron chi connectivity index (χ4n) is 2.31. The molecule has 0 unspecified atom stereocenters. The minimum Gasteiger partial charge on any atom is -0.481 e. The van der Waals surface area contributed by atoms with Gasteiger partial charge in [-0.15, -0.1) is 0 Å². The lowest BCUT2D eigenvalue weighted by Crippen LogP contribution is -2.03. The Morgan fingerprint density at radius 2 is 2.18 bits per heavy atom. The summed E-state index contributed by atoms with van der Waals surface area (Å²) in [6.45, 7) is 4.82. The lowest BCUT2D eigenvalue weighted by Gasteiger charge is -2.03. The summed E-state index contributed by atoms with van der Waals surface area (Å²) in [6, 6.07) is 5.62. The first-order valence-electron chi connectivity index (χ1n) is 5.53. The summed E-state index contributed by atoms with van der Waals surface area (Å²) in [5.41, 5.74) is 2.91. The van der Waals surface area contributed by atoms with Crippen LogP contribution in [-0.2, 0) is 17.8 Å². The van der Waals surface area contributed by atoms with Crippen LogP contribution in [0.1, 0.15) is 18.2 Å². The maximum Gasteiger partial charge on any atom is 0.307 e. The van der Waals surface area contributed by atoms with Gasteiger partial charge in [-0.3, -0.25) is 4.79 Å². The summed E-state index contributed by atoms with van der Waals surface area (Å²) in [4.78, 5) is 10.9. The van der Waals surface area contributed by atoms with Gasteiger partial charge in [0, 0.05) is 28.2 Å². The van der Waals surface area contributed by atoms with E-state index < -0.39 is 5.97 Å².